The Kier molecular flexibility index (Phi) is 2.59. The summed E-state index contributed by atoms with van der Waals surface area (Å²) >= 11 is 11.5. The Morgan fingerprint density at radius 1 is 1.31 bits per heavy atom. The zero-order valence-electron chi connectivity index (χ0n) is 7.75. The molecule has 0 unspecified atom stereocenters. The molecule has 86 valence electrons. The van der Waals surface area contributed by atoms with E-state index in [1.54, 1.807) is 0 Å². The molecular weight excluding hydrogens is 261 g/mol. The SMILES string of the molecule is O=C(O)[C@@H]1[C@@H](c2ccc(F)c(F)c2)C1(Cl)Cl. The molecule has 6 heteroatoms. The second-order valence-electron chi connectivity index (χ2n) is 3.64. The Hall–Kier alpha value is -0.870. The number of hydrogen-bond acceptors (Lipinski definition) is 1. The summed E-state index contributed by atoms with van der Waals surface area (Å²) < 4.78 is 24.2. The van der Waals surface area contributed by atoms with Crippen molar-refractivity contribution in [2.45, 2.75) is 10.3 Å². The van der Waals surface area contributed by atoms with Crippen molar-refractivity contribution < 1.29 is 18.7 Å². The van der Waals surface area contributed by atoms with Crippen LogP contribution in [0.1, 0.15) is 11.5 Å². The highest BCUT2D eigenvalue weighted by Gasteiger charge is 2.68. The van der Waals surface area contributed by atoms with Gasteiger partial charge < -0.3 is 5.11 Å². The maximum Gasteiger partial charge on any atom is 0.310 e. The van der Waals surface area contributed by atoms with E-state index in [1.165, 1.54) is 6.07 Å². The standard InChI is InChI=1S/C10H6Cl2F2O2/c11-10(12)7(8(10)9(15)16)4-1-2-5(13)6(14)3-4/h1-3,7-8H,(H,15,16)/t7-,8+/m1/s1. The Bertz CT molecular complexity index is 462. The third-order valence-corrected chi connectivity index (χ3v) is 3.56. The molecule has 2 atom stereocenters. The lowest BCUT2D eigenvalue weighted by Crippen LogP contribution is -2.03. The second-order valence-corrected chi connectivity index (χ2v) is 5.09. The first kappa shape index (κ1) is 11.6. The summed E-state index contributed by atoms with van der Waals surface area (Å²) in [4.78, 5) is 10.8. The lowest BCUT2D eigenvalue weighted by atomic mass is 10.1. The number of aliphatic carboxylic acids is 1. The van der Waals surface area contributed by atoms with Gasteiger partial charge >= 0.3 is 5.97 Å². The molecule has 0 spiro atoms. The highest BCUT2D eigenvalue weighted by Crippen LogP contribution is 2.64. The van der Waals surface area contributed by atoms with Crippen LogP contribution in [-0.4, -0.2) is 15.4 Å². The molecule has 1 saturated carbocycles. The predicted molar refractivity (Wildman–Crippen MR) is 54.7 cm³/mol. The summed E-state index contributed by atoms with van der Waals surface area (Å²) in [5, 5.41) is 8.81. The Morgan fingerprint density at radius 3 is 2.38 bits per heavy atom. The van der Waals surface area contributed by atoms with E-state index in [9.17, 15) is 13.6 Å². The minimum absolute atomic E-state index is 0.288. The van der Waals surface area contributed by atoms with E-state index in [0.29, 0.717) is 0 Å². The van der Waals surface area contributed by atoms with Gasteiger partial charge in [-0.1, -0.05) is 29.3 Å². The molecule has 0 aromatic heterocycles. The van der Waals surface area contributed by atoms with E-state index in [4.69, 9.17) is 28.3 Å². The van der Waals surface area contributed by atoms with Gasteiger partial charge in [0.15, 0.2) is 11.6 Å². The largest absolute Gasteiger partial charge is 0.481 e. The smallest absolute Gasteiger partial charge is 0.310 e. The minimum Gasteiger partial charge on any atom is -0.481 e. The van der Waals surface area contributed by atoms with E-state index in [-0.39, 0.29) is 5.56 Å². The molecule has 1 aliphatic carbocycles. The number of rotatable bonds is 2. The van der Waals surface area contributed by atoms with Gasteiger partial charge in [-0.25, -0.2) is 8.78 Å². The van der Waals surface area contributed by atoms with Crippen LogP contribution in [0.25, 0.3) is 0 Å². The van der Waals surface area contributed by atoms with Gasteiger partial charge in [-0.15, -0.1) is 0 Å². The van der Waals surface area contributed by atoms with Gasteiger partial charge in [-0.05, 0) is 17.7 Å². The minimum atomic E-state index is -1.45. The zero-order chi connectivity index (χ0) is 12.1. The fraction of sp³-hybridized carbons (Fsp3) is 0.300. The Labute approximate surface area is 99.8 Å². The van der Waals surface area contributed by atoms with Gasteiger partial charge in [0.05, 0.1) is 5.92 Å². The number of alkyl halides is 2. The van der Waals surface area contributed by atoms with Crippen LogP contribution in [0.3, 0.4) is 0 Å². The van der Waals surface area contributed by atoms with Crippen molar-refractivity contribution in [3.63, 3.8) is 0 Å². The molecule has 0 heterocycles. The molecule has 1 aromatic carbocycles. The van der Waals surface area contributed by atoms with Crippen LogP contribution in [0, 0.1) is 17.6 Å². The van der Waals surface area contributed by atoms with Crippen molar-refractivity contribution in [2.75, 3.05) is 0 Å². The zero-order valence-corrected chi connectivity index (χ0v) is 9.27. The molecule has 0 amide bonds. The fourth-order valence-corrected chi connectivity index (χ4v) is 2.57. The maximum absolute atomic E-state index is 12.9. The first-order valence-corrected chi connectivity index (χ1v) is 5.17. The number of hydrogen-bond donors (Lipinski definition) is 1. The van der Waals surface area contributed by atoms with Crippen molar-refractivity contribution in [3.05, 3.63) is 35.4 Å². The molecular formula is C10H6Cl2F2O2. The molecule has 0 bridgehead atoms. The lowest BCUT2D eigenvalue weighted by Gasteiger charge is -2.00. The van der Waals surface area contributed by atoms with Crippen LogP contribution >= 0.6 is 23.2 Å². The van der Waals surface area contributed by atoms with Crippen molar-refractivity contribution in [2.24, 2.45) is 5.92 Å². The molecule has 1 N–H and O–H groups in total. The summed E-state index contributed by atoms with van der Waals surface area (Å²) in [6.07, 6.45) is 0. The van der Waals surface area contributed by atoms with E-state index < -0.39 is 33.8 Å². The Morgan fingerprint density at radius 2 is 1.94 bits per heavy atom. The quantitative estimate of drug-likeness (QED) is 0.836. The molecule has 1 aromatic rings. The second kappa shape index (κ2) is 3.57. The topological polar surface area (TPSA) is 37.3 Å². The third kappa shape index (κ3) is 1.66. The van der Waals surface area contributed by atoms with Gasteiger partial charge in [0, 0.05) is 5.92 Å². The molecule has 2 nitrogen and oxygen atoms in total. The molecule has 1 aliphatic rings. The molecule has 0 radical (unpaired) electrons. The first-order valence-electron chi connectivity index (χ1n) is 4.41. The van der Waals surface area contributed by atoms with Crippen molar-refractivity contribution in [3.8, 4) is 0 Å². The number of carboxylic acids is 1. The maximum atomic E-state index is 12.9. The highest BCUT2D eigenvalue weighted by atomic mass is 35.5. The molecule has 0 saturated heterocycles. The van der Waals surface area contributed by atoms with Gasteiger partial charge in [0.1, 0.15) is 4.33 Å². The van der Waals surface area contributed by atoms with Crippen LogP contribution in [0.5, 0.6) is 0 Å². The number of carboxylic acid groups (broad SMARTS) is 1. The van der Waals surface area contributed by atoms with Crippen LogP contribution in [0.2, 0.25) is 0 Å². The summed E-state index contributed by atoms with van der Waals surface area (Å²) in [7, 11) is 0. The van der Waals surface area contributed by atoms with Crippen LogP contribution < -0.4 is 0 Å². The van der Waals surface area contributed by atoms with Crippen LogP contribution in [0.15, 0.2) is 18.2 Å². The van der Waals surface area contributed by atoms with Gasteiger partial charge in [0.25, 0.3) is 0 Å². The molecule has 1 fully saturated rings. The van der Waals surface area contributed by atoms with Crippen LogP contribution in [0.4, 0.5) is 8.78 Å². The van der Waals surface area contributed by atoms with E-state index in [1.807, 2.05) is 0 Å². The van der Waals surface area contributed by atoms with Crippen LogP contribution in [-0.2, 0) is 4.79 Å². The highest BCUT2D eigenvalue weighted by molar-refractivity contribution is 6.53. The van der Waals surface area contributed by atoms with Crippen molar-refractivity contribution in [1.82, 2.24) is 0 Å². The van der Waals surface area contributed by atoms with Gasteiger partial charge in [-0.3, -0.25) is 4.79 Å². The first-order chi connectivity index (χ1) is 7.35. The van der Waals surface area contributed by atoms with Crippen molar-refractivity contribution in [1.29, 1.82) is 0 Å². The van der Waals surface area contributed by atoms with E-state index >= 15 is 0 Å². The number of halogens is 4. The summed E-state index contributed by atoms with van der Waals surface area (Å²) in [5.41, 5.74) is 0.288. The van der Waals surface area contributed by atoms with Gasteiger partial charge in [0.2, 0.25) is 0 Å². The van der Waals surface area contributed by atoms with Gasteiger partial charge in [-0.2, -0.15) is 0 Å². The van der Waals surface area contributed by atoms with E-state index in [0.717, 1.165) is 12.1 Å². The average Bonchev–Trinajstić information content (AvgIpc) is 2.74. The average molecular weight is 267 g/mol. The Balaban J connectivity index is 2.33. The fourth-order valence-electron chi connectivity index (χ4n) is 1.75. The summed E-state index contributed by atoms with van der Waals surface area (Å²) in [5.74, 6) is -4.88. The van der Waals surface area contributed by atoms with Crippen molar-refractivity contribution >= 4 is 29.2 Å². The third-order valence-electron chi connectivity index (χ3n) is 2.62. The summed E-state index contributed by atoms with van der Waals surface area (Å²) in [6, 6.07) is 3.12. The monoisotopic (exact) mass is 266 g/mol. The molecule has 2 rings (SSSR count). The molecule has 16 heavy (non-hydrogen) atoms. The number of benzene rings is 1. The van der Waals surface area contributed by atoms with E-state index in [2.05, 4.69) is 0 Å². The lowest BCUT2D eigenvalue weighted by molar-refractivity contribution is -0.138. The summed E-state index contributed by atoms with van der Waals surface area (Å²) in [6.45, 7) is 0. The predicted octanol–water partition coefficient (Wildman–Crippen LogP) is 2.94. The number of carbonyl (C=O) groups is 1. The molecule has 0 aliphatic heterocycles. The normalized spacial score (nSPS) is 26.5.